The first kappa shape index (κ1) is 15.6. The predicted octanol–water partition coefficient (Wildman–Crippen LogP) is 1.08. The molecule has 0 radical (unpaired) electrons. The lowest BCUT2D eigenvalue weighted by atomic mass is 9.99. The van der Waals surface area contributed by atoms with Gasteiger partial charge in [-0.1, -0.05) is 29.3 Å². The van der Waals surface area contributed by atoms with Crippen molar-refractivity contribution in [1.29, 1.82) is 0 Å². The number of aliphatic carboxylic acids is 1. The van der Waals surface area contributed by atoms with Crippen LogP contribution in [0.5, 0.6) is 0 Å². The molecule has 0 unspecified atom stereocenters. The van der Waals surface area contributed by atoms with Gasteiger partial charge in [0.2, 0.25) is 0 Å². The second-order valence-electron chi connectivity index (χ2n) is 4.55. The Hall–Kier alpha value is -1.79. The highest BCUT2D eigenvalue weighted by molar-refractivity contribution is 6.42. The maximum absolute atomic E-state index is 12.0. The van der Waals surface area contributed by atoms with Gasteiger partial charge in [-0.15, -0.1) is 0 Å². The van der Waals surface area contributed by atoms with Gasteiger partial charge in [-0.3, -0.25) is 14.4 Å². The highest BCUT2D eigenvalue weighted by Gasteiger charge is 2.27. The molecule has 112 valence electrons. The van der Waals surface area contributed by atoms with E-state index < -0.39 is 24.3 Å². The molecule has 1 aromatic rings. The molecule has 0 saturated heterocycles. The predicted molar refractivity (Wildman–Crippen MR) is 76.2 cm³/mol. The Labute approximate surface area is 130 Å². The minimum absolute atomic E-state index is 0.175. The molecule has 2 amide bonds. The van der Waals surface area contributed by atoms with Gasteiger partial charge in [0.25, 0.3) is 0 Å². The van der Waals surface area contributed by atoms with Gasteiger partial charge < -0.3 is 15.3 Å². The van der Waals surface area contributed by atoms with E-state index in [9.17, 15) is 14.4 Å². The van der Waals surface area contributed by atoms with Crippen molar-refractivity contribution >= 4 is 41.0 Å². The number of hydrogen-bond donors (Lipinski definition) is 2. The summed E-state index contributed by atoms with van der Waals surface area (Å²) in [5.41, 5.74) is 1.70. The monoisotopic (exact) mass is 330 g/mol. The van der Waals surface area contributed by atoms with Crippen LogP contribution >= 0.6 is 23.2 Å². The summed E-state index contributed by atoms with van der Waals surface area (Å²) in [4.78, 5) is 35.2. The molecule has 6 nitrogen and oxygen atoms in total. The zero-order valence-electron chi connectivity index (χ0n) is 10.9. The average molecular weight is 331 g/mol. The maximum Gasteiger partial charge on any atom is 0.322 e. The fraction of sp³-hybridized carbons (Fsp3) is 0.308. The smallest absolute Gasteiger partial charge is 0.322 e. The molecule has 1 aliphatic rings. The van der Waals surface area contributed by atoms with Crippen LogP contribution in [-0.2, 0) is 27.3 Å². The van der Waals surface area contributed by atoms with E-state index in [1.54, 1.807) is 6.07 Å². The fourth-order valence-electron chi connectivity index (χ4n) is 2.11. The molecule has 0 fully saturated rings. The van der Waals surface area contributed by atoms with Crippen LogP contribution < -0.4 is 5.32 Å². The molecule has 1 heterocycles. The first-order valence-corrected chi connectivity index (χ1v) is 6.90. The van der Waals surface area contributed by atoms with Crippen LogP contribution in [0.4, 0.5) is 0 Å². The molecule has 0 bridgehead atoms. The van der Waals surface area contributed by atoms with Crippen molar-refractivity contribution in [2.75, 3.05) is 13.1 Å². The summed E-state index contributed by atoms with van der Waals surface area (Å²) in [6, 6.07) is 3.54. The van der Waals surface area contributed by atoms with Crippen LogP contribution in [0.1, 0.15) is 11.1 Å². The van der Waals surface area contributed by atoms with E-state index in [0.717, 1.165) is 11.1 Å². The van der Waals surface area contributed by atoms with Crippen LogP contribution in [0.3, 0.4) is 0 Å². The second kappa shape index (κ2) is 6.32. The fourth-order valence-corrected chi connectivity index (χ4v) is 2.53. The van der Waals surface area contributed by atoms with E-state index in [4.69, 9.17) is 28.3 Å². The number of carboxylic acid groups (broad SMARTS) is 1. The van der Waals surface area contributed by atoms with Gasteiger partial charge in [0.15, 0.2) is 0 Å². The van der Waals surface area contributed by atoms with Crippen LogP contribution in [0.25, 0.3) is 0 Å². The molecule has 8 heteroatoms. The van der Waals surface area contributed by atoms with Crippen LogP contribution in [0.2, 0.25) is 10.0 Å². The minimum Gasteiger partial charge on any atom is -0.480 e. The Bertz CT molecular complexity index is 618. The highest BCUT2D eigenvalue weighted by Crippen LogP contribution is 2.32. The Morgan fingerprint density at radius 2 is 2.00 bits per heavy atom. The van der Waals surface area contributed by atoms with E-state index in [-0.39, 0.29) is 6.54 Å². The lowest BCUT2D eigenvalue weighted by Crippen LogP contribution is -2.46. The van der Waals surface area contributed by atoms with E-state index >= 15 is 0 Å². The van der Waals surface area contributed by atoms with Gasteiger partial charge >= 0.3 is 17.8 Å². The number of carbonyl (C=O) groups is 3. The Kier molecular flexibility index (Phi) is 4.69. The zero-order chi connectivity index (χ0) is 15.6. The maximum atomic E-state index is 12.0. The third-order valence-corrected chi connectivity index (χ3v) is 4.02. The number of carboxylic acids is 1. The van der Waals surface area contributed by atoms with Crippen molar-refractivity contribution in [2.24, 2.45) is 0 Å². The molecule has 0 aliphatic carbocycles. The summed E-state index contributed by atoms with van der Waals surface area (Å²) in [6.07, 6.45) is 0.560. The van der Waals surface area contributed by atoms with Gasteiger partial charge in [-0.25, -0.2) is 0 Å². The van der Waals surface area contributed by atoms with E-state index in [2.05, 4.69) is 0 Å². The second-order valence-corrected chi connectivity index (χ2v) is 5.34. The third-order valence-electron chi connectivity index (χ3n) is 3.17. The van der Waals surface area contributed by atoms with Crippen molar-refractivity contribution in [1.82, 2.24) is 10.2 Å². The summed E-state index contributed by atoms with van der Waals surface area (Å²) < 4.78 is 0. The topological polar surface area (TPSA) is 86.7 Å². The average Bonchev–Trinajstić information content (AvgIpc) is 2.47. The molecule has 2 rings (SSSR count). The number of fused-ring (bicyclic) bond motifs is 1. The third kappa shape index (κ3) is 3.46. The van der Waals surface area contributed by atoms with Crippen molar-refractivity contribution < 1.29 is 19.5 Å². The van der Waals surface area contributed by atoms with Crippen molar-refractivity contribution in [2.45, 2.75) is 13.0 Å². The van der Waals surface area contributed by atoms with Crippen LogP contribution in [0.15, 0.2) is 12.1 Å². The van der Waals surface area contributed by atoms with Crippen LogP contribution in [0, 0.1) is 0 Å². The molecule has 0 spiro atoms. The quantitative estimate of drug-likeness (QED) is 0.794. The Balaban J connectivity index is 2.10. The molecule has 0 aromatic heterocycles. The van der Waals surface area contributed by atoms with Gasteiger partial charge in [0.1, 0.15) is 6.54 Å². The molecule has 1 aliphatic heterocycles. The van der Waals surface area contributed by atoms with Gasteiger partial charge in [-0.2, -0.15) is 0 Å². The molecule has 0 saturated carbocycles. The van der Waals surface area contributed by atoms with Crippen molar-refractivity contribution in [3.63, 3.8) is 0 Å². The van der Waals surface area contributed by atoms with Crippen molar-refractivity contribution in [3.8, 4) is 0 Å². The molecule has 21 heavy (non-hydrogen) atoms. The van der Waals surface area contributed by atoms with Gasteiger partial charge in [0.05, 0.1) is 10.0 Å². The van der Waals surface area contributed by atoms with E-state index in [0.29, 0.717) is 23.0 Å². The summed E-state index contributed by atoms with van der Waals surface area (Å²) in [7, 11) is 0. The van der Waals surface area contributed by atoms with Gasteiger partial charge in [-0.05, 0) is 23.6 Å². The SMILES string of the molecule is O=C(O)CNC(=O)C(=O)N1CCc2ccc(Cl)c(Cl)c2C1. The number of halogens is 2. The summed E-state index contributed by atoms with van der Waals surface area (Å²) in [5.74, 6) is -2.94. The van der Waals surface area contributed by atoms with Crippen molar-refractivity contribution in [3.05, 3.63) is 33.3 Å². The minimum atomic E-state index is -1.21. The van der Waals surface area contributed by atoms with E-state index in [1.165, 1.54) is 4.90 Å². The Morgan fingerprint density at radius 3 is 2.67 bits per heavy atom. The molecular weight excluding hydrogens is 319 g/mol. The number of nitrogens with zero attached hydrogens (tertiary/aromatic N) is 1. The Morgan fingerprint density at radius 1 is 1.29 bits per heavy atom. The lowest BCUT2D eigenvalue weighted by molar-refractivity contribution is -0.147. The standard InChI is InChI=1S/C13H12Cl2N2O4/c14-9-2-1-7-3-4-17(6-8(7)11(9)15)13(21)12(20)16-5-10(18)19/h1-2H,3-6H2,(H,16,20)(H,18,19). The highest BCUT2D eigenvalue weighted by atomic mass is 35.5. The zero-order valence-corrected chi connectivity index (χ0v) is 12.4. The van der Waals surface area contributed by atoms with E-state index in [1.807, 2.05) is 11.4 Å². The number of carbonyl (C=O) groups excluding carboxylic acids is 2. The molecular formula is C13H12Cl2N2O4. The normalized spacial score (nSPS) is 13.5. The largest absolute Gasteiger partial charge is 0.480 e. The lowest BCUT2D eigenvalue weighted by Gasteiger charge is -2.29. The number of amides is 2. The summed E-state index contributed by atoms with van der Waals surface area (Å²) in [6.45, 7) is -0.0556. The molecule has 0 atom stereocenters. The number of benzene rings is 1. The first-order chi connectivity index (χ1) is 9.90. The number of rotatable bonds is 2. The molecule has 1 aromatic carbocycles. The van der Waals surface area contributed by atoms with Crippen LogP contribution in [-0.4, -0.2) is 40.9 Å². The number of hydrogen-bond acceptors (Lipinski definition) is 3. The van der Waals surface area contributed by atoms with Gasteiger partial charge in [0, 0.05) is 13.1 Å². The number of nitrogens with one attached hydrogen (secondary N) is 1. The molecule has 2 N–H and O–H groups in total. The summed E-state index contributed by atoms with van der Waals surface area (Å²) >= 11 is 12.1. The summed E-state index contributed by atoms with van der Waals surface area (Å²) in [5, 5.41) is 11.3. The first-order valence-electron chi connectivity index (χ1n) is 6.14.